The quantitative estimate of drug-likeness (QED) is 0.897. The summed E-state index contributed by atoms with van der Waals surface area (Å²) in [7, 11) is 1.73. The van der Waals surface area contributed by atoms with Crippen molar-refractivity contribution < 1.29 is 9.90 Å². The van der Waals surface area contributed by atoms with E-state index in [1.54, 1.807) is 25.1 Å². The topological polar surface area (TPSA) is 76.2 Å². The highest BCUT2D eigenvalue weighted by Gasteiger charge is 2.26. The number of carbonyl (C=O) groups excluding carboxylic acids is 1. The van der Waals surface area contributed by atoms with Gasteiger partial charge in [-0.05, 0) is 13.0 Å². The molecule has 2 aromatic heterocycles. The van der Waals surface area contributed by atoms with E-state index in [1.807, 2.05) is 10.7 Å². The van der Waals surface area contributed by atoms with Crippen molar-refractivity contribution in [1.82, 2.24) is 24.5 Å². The third kappa shape index (κ3) is 2.54. The number of amides is 1. The van der Waals surface area contributed by atoms with E-state index in [0.717, 1.165) is 5.69 Å². The fourth-order valence-corrected chi connectivity index (χ4v) is 2.68. The molecule has 21 heavy (non-hydrogen) atoms. The van der Waals surface area contributed by atoms with Crippen LogP contribution in [0.1, 0.15) is 34.9 Å². The number of hydrogen-bond acceptors (Lipinski definition) is 4. The van der Waals surface area contributed by atoms with Gasteiger partial charge in [-0.25, -0.2) is 0 Å². The second kappa shape index (κ2) is 5.16. The highest BCUT2D eigenvalue weighted by atomic mass is 35.5. The molecule has 0 spiro atoms. The standard InChI is InChI=1S/C13H16ClN5O2/c1-8(20)11-5-9-6-18(3-4-19(9)15-11)13(21)12-10(14)7-17(2)16-12/h5,7-8,20H,3-4,6H2,1-2H3/t8-/m0/s1. The summed E-state index contributed by atoms with van der Waals surface area (Å²) in [5.41, 5.74) is 1.79. The van der Waals surface area contributed by atoms with Crippen LogP contribution in [0.25, 0.3) is 0 Å². The Kier molecular flexibility index (Phi) is 3.46. The molecule has 1 amide bonds. The SMILES string of the molecule is C[C@H](O)c1cc2n(n1)CCN(C(=O)c1nn(C)cc1Cl)C2. The van der Waals surface area contributed by atoms with E-state index in [0.29, 0.717) is 30.4 Å². The molecule has 112 valence electrons. The van der Waals surface area contributed by atoms with Crippen LogP contribution in [-0.2, 0) is 20.1 Å². The van der Waals surface area contributed by atoms with Crippen LogP contribution in [-0.4, -0.2) is 42.0 Å². The first-order valence-corrected chi connectivity index (χ1v) is 7.06. The maximum atomic E-state index is 12.5. The molecule has 1 aliphatic heterocycles. The Bertz CT molecular complexity index is 691. The largest absolute Gasteiger partial charge is 0.387 e. The summed E-state index contributed by atoms with van der Waals surface area (Å²) < 4.78 is 3.35. The third-order valence-electron chi connectivity index (χ3n) is 3.52. The van der Waals surface area contributed by atoms with E-state index in [9.17, 15) is 9.90 Å². The van der Waals surface area contributed by atoms with Gasteiger partial charge >= 0.3 is 0 Å². The van der Waals surface area contributed by atoms with Crippen molar-refractivity contribution in [1.29, 1.82) is 0 Å². The summed E-state index contributed by atoms with van der Waals surface area (Å²) in [4.78, 5) is 14.2. The van der Waals surface area contributed by atoms with Crippen LogP contribution in [0.3, 0.4) is 0 Å². The van der Waals surface area contributed by atoms with Gasteiger partial charge < -0.3 is 10.0 Å². The maximum absolute atomic E-state index is 12.5. The third-order valence-corrected chi connectivity index (χ3v) is 3.80. The summed E-state index contributed by atoms with van der Waals surface area (Å²) in [6, 6.07) is 1.82. The number of carbonyl (C=O) groups is 1. The Morgan fingerprint density at radius 2 is 2.19 bits per heavy atom. The van der Waals surface area contributed by atoms with Gasteiger partial charge in [-0.2, -0.15) is 10.2 Å². The van der Waals surface area contributed by atoms with Crippen molar-refractivity contribution in [2.45, 2.75) is 26.1 Å². The van der Waals surface area contributed by atoms with Gasteiger partial charge in [0.1, 0.15) is 0 Å². The molecule has 1 N–H and O–H groups in total. The molecule has 7 nitrogen and oxygen atoms in total. The van der Waals surface area contributed by atoms with Gasteiger partial charge in [0.15, 0.2) is 5.69 Å². The van der Waals surface area contributed by atoms with E-state index in [4.69, 9.17) is 11.6 Å². The minimum absolute atomic E-state index is 0.188. The van der Waals surface area contributed by atoms with Gasteiger partial charge in [-0.15, -0.1) is 0 Å². The fraction of sp³-hybridized carbons (Fsp3) is 0.462. The predicted octanol–water partition coefficient (Wildman–Crippen LogP) is 0.979. The van der Waals surface area contributed by atoms with Gasteiger partial charge in [0.25, 0.3) is 5.91 Å². The van der Waals surface area contributed by atoms with Crippen LogP contribution < -0.4 is 0 Å². The minimum atomic E-state index is -0.613. The normalized spacial score (nSPS) is 15.9. The highest BCUT2D eigenvalue weighted by molar-refractivity contribution is 6.33. The van der Waals surface area contributed by atoms with Crippen LogP contribution in [0.15, 0.2) is 12.3 Å². The number of aryl methyl sites for hydroxylation is 1. The number of halogens is 1. The lowest BCUT2D eigenvalue weighted by Crippen LogP contribution is -2.38. The van der Waals surface area contributed by atoms with Crippen molar-refractivity contribution in [3.05, 3.63) is 34.4 Å². The van der Waals surface area contributed by atoms with Gasteiger partial charge in [-0.1, -0.05) is 11.6 Å². The minimum Gasteiger partial charge on any atom is -0.387 e. The van der Waals surface area contributed by atoms with E-state index >= 15 is 0 Å². The molecule has 0 saturated heterocycles. The number of aliphatic hydroxyl groups excluding tert-OH is 1. The van der Waals surface area contributed by atoms with Crippen LogP contribution in [0, 0.1) is 0 Å². The van der Waals surface area contributed by atoms with E-state index in [2.05, 4.69) is 10.2 Å². The Morgan fingerprint density at radius 3 is 2.81 bits per heavy atom. The molecule has 0 fully saturated rings. The lowest BCUT2D eigenvalue weighted by atomic mass is 10.2. The molecule has 0 saturated carbocycles. The van der Waals surface area contributed by atoms with Crippen molar-refractivity contribution in [3.63, 3.8) is 0 Å². The summed E-state index contributed by atoms with van der Waals surface area (Å²) in [5, 5.41) is 18.4. The second-order valence-electron chi connectivity index (χ2n) is 5.19. The number of aliphatic hydroxyl groups is 1. The number of rotatable bonds is 2. The summed E-state index contributed by atoms with van der Waals surface area (Å²) in [5.74, 6) is -0.188. The smallest absolute Gasteiger partial charge is 0.276 e. The fourth-order valence-electron chi connectivity index (χ4n) is 2.42. The molecule has 1 aliphatic rings. The molecule has 0 radical (unpaired) electrons. The summed E-state index contributed by atoms with van der Waals surface area (Å²) in [6.45, 7) is 3.24. The van der Waals surface area contributed by atoms with Crippen LogP contribution in [0.2, 0.25) is 5.02 Å². The Hall–Kier alpha value is -1.86. The molecular weight excluding hydrogens is 294 g/mol. The monoisotopic (exact) mass is 309 g/mol. The molecule has 3 rings (SSSR count). The number of hydrogen-bond donors (Lipinski definition) is 1. The predicted molar refractivity (Wildman–Crippen MR) is 75.8 cm³/mol. The van der Waals surface area contributed by atoms with Crippen LogP contribution in [0.5, 0.6) is 0 Å². The Labute approximate surface area is 126 Å². The number of fused-ring (bicyclic) bond motifs is 1. The molecule has 0 aliphatic carbocycles. The van der Waals surface area contributed by atoms with E-state index < -0.39 is 6.10 Å². The average molecular weight is 310 g/mol. The number of nitrogens with zero attached hydrogens (tertiary/aromatic N) is 5. The number of aromatic nitrogens is 4. The van der Waals surface area contributed by atoms with Gasteiger partial charge in [0.2, 0.25) is 0 Å². The molecule has 8 heteroatoms. The zero-order chi connectivity index (χ0) is 15.1. The van der Waals surface area contributed by atoms with Crippen molar-refractivity contribution in [2.24, 2.45) is 7.05 Å². The molecule has 0 bridgehead atoms. The molecule has 2 aromatic rings. The van der Waals surface area contributed by atoms with Gasteiger partial charge in [0.05, 0.1) is 35.6 Å². The van der Waals surface area contributed by atoms with Gasteiger partial charge in [0, 0.05) is 19.8 Å². The first-order chi connectivity index (χ1) is 9.95. The molecule has 0 unspecified atom stereocenters. The van der Waals surface area contributed by atoms with Gasteiger partial charge in [-0.3, -0.25) is 14.2 Å². The molecular formula is C13H16ClN5O2. The second-order valence-corrected chi connectivity index (χ2v) is 5.59. The van der Waals surface area contributed by atoms with Crippen LogP contribution >= 0.6 is 11.6 Å². The lowest BCUT2D eigenvalue weighted by molar-refractivity contribution is 0.0699. The first kappa shape index (κ1) is 14.1. The van der Waals surface area contributed by atoms with Crippen molar-refractivity contribution in [2.75, 3.05) is 6.54 Å². The molecule has 0 aromatic carbocycles. The lowest BCUT2D eigenvalue weighted by Gasteiger charge is -2.27. The van der Waals surface area contributed by atoms with Crippen LogP contribution in [0.4, 0.5) is 0 Å². The van der Waals surface area contributed by atoms with E-state index in [1.165, 1.54) is 4.68 Å². The summed E-state index contributed by atoms with van der Waals surface area (Å²) in [6.07, 6.45) is 0.992. The first-order valence-electron chi connectivity index (χ1n) is 6.69. The zero-order valence-electron chi connectivity index (χ0n) is 11.8. The Balaban J connectivity index is 1.82. The average Bonchev–Trinajstić information content (AvgIpc) is 3.00. The zero-order valence-corrected chi connectivity index (χ0v) is 12.6. The Morgan fingerprint density at radius 1 is 1.43 bits per heavy atom. The molecule has 3 heterocycles. The van der Waals surface area contributed by atoms with Crippen molar-refractivity contribution in [3.8, 4) is 0 Å². The maximum Gasteiger partial charge on any atom is 0.276 e. The van der Waals surface area contributed by atoms with Crippen molar-refractivity contribution >= 4 is 17.5 Å². The highest BCUT2D eigenvalue weighted by Crippen LogP contribution is 2.21. The van der Waals surface area contributed by atoms with E-state index in [-0.39, 0.29) is 11.6 Å². The molecule has 1 atom stereocenters. The summed E-state index contributed by atoms with van der Waals surface area (Å²) >= 11 is 6.02.